The molecule has 1 heterocycles. The van der Waals surface area contributed by atoms with Gasteiger partial charge in [0.2, 0.25) is 5.91 Å². The van der Waals surface area contributed by atoms with Gasteiger partial charge in [-0.15, -0.1) is 0 Å². The zero-order chi connectivity index (χ0) is 22.4. The number of rotatable bonds is 5. The number of carbonyl (C=O) groups excluding carboxylic acids is 2. The van der Waals surface area contributed by atoms with Gasteiger partial charge in [0.15, 0.2) is 5.11 Å². The third-order valence-electron chi connectivity index (χ3n) is 5.07. The molecule has 1 saturated heterocycles. The van der Waals surface area contributed by atoms with Gasteiger partial charge >= 0.3 is 0 Å². The van der Waals surface area contributed by atoms with Gasteiger partial charge in [0.25, 0.3) is 5.91 Å². The number of hydrogen-bond acceptors (Lipinski definition) is 5. The first-order valence-electron chi connectivity index (χ1n) is 10.00. The third-order valence-corrected chi connectivity index (χ3v) is 5.57. The van der Waals surface area contributed by atoms with Crippen LogP contribution < -0.4 is 20.3 Å². The maximum atomic E-state index is 12.4. The number of thiocarbonyl (C=S) groups is 1. The second kappa shape index (κ2) is 10.5. The number of carbonyl (C=O) groups is 2. The number of methoxy groups -OCH3 is 1. The SMILES string of the molecule is CCC(=O)N1CCN(c2ccc(NC(=S)NC(=O)c3ccc(OC)c(Cl)c3)cc2)CC1. The summed E-state index contributed by atoms with van der Waals surface area (Å²) in [5.41, 5.74) is 2.23. The predicted octanol–water partition coefficient (Wildman–Crippen LogP) is 3.53. The number of nitrogens with one attached hydrogen (secondary N) is 2. The molecule has 7 nitrogen and oxygen atoms in total. The van der Waals surface area contributed by atoms with Gasteiger partial charge in [0, 0.05) is 49.5 Å². The lowest BCUT2D eigenvalue weighted by atomic mass is 10.2. The highest BCUT2D eigenvalue weighted by molar-refractivity contribution is 7.80. The zero-order valence-electron chi connectivity index (χ0n) is 17.5. The molecule has 164 valence electrons. The summed E-state index contributed by atoms with van der Waals surface area (Å²) in [6.45, 7) is 4.96. The van der Waals surface area contributed by atoms with Crippen molar-refractivity contribution in [2.24, 2.45) is 0 Å². The van der Waals surface area contributed by atoms with Crippen molar-refractivity contribution in [2.75, 3.05) is 43.5 Å². The van der Waals surface area contributed by atoms with E-state index in [1.54, 1.807) is 12.1 Å². The average Bonchev–Trinajstić information content (AvgIpc) is 2.79. The number of anilines is 2. The summed E-state index contributed by atoms with van der Waals surface area (Å²) in [5.74, 6) is 0.335. The Kier molecular flexibility index (Phi) is 7.70. The summed E-state index contributed by atoms with van der Waals surface area (Å²) in [7, 11) is 1.51. The zero-order valence-corrected chi connectivity index (χ0v) is 19.1. The fraction of sp³-hybridized carbons (Fsp3) is 0.318. The molecule has 0 unspecified atom stereocenters. The van der Waals surface area contributed by atoms with E-state index in [9.17, 15) is 9.59 Å². The topological polar surface area (TPSA) is 73.9 Å². The second-order valence-corrected chi connectivity index (χ2v) is 7.84. The molecule has 2 amide bonds. The molecule has 0 bridgehead atoms. The van der Waals surface area contributed by atoms with E-state index >= 15 is 0 Å². The molecule has 1 aliphatic heterocycles. The molecule has 0 radical (unpaired) electrons. The van der Waals surface area contributed by atoms with E-state index in [1.807, 2.05) is 36.1 Å². The molecule has 3 rings (SSSR count). The molecule has 31 heavy (non-hydrogen) atoms. The highest BCUT2D eigenvalue weighted by Gasteiger charge is 2.20. The van der Waals surface area contributed by atoms with Crippen molar-refractivity contribution < 1.29 is 14.3 Å². The van der Waals surface area contributed by atoms with Crippen LogP contribution >= 0.6 is 23.8 Å². The van der Waals surface area contributed by atoms with E-state index in [2.05, 4.69) is 15.5 Å². The van der Waals surface area contributed by atoms with Crippen LogP contribution in [0.25, 0.3) is 0 Å². The van der Waals surface area contributed by atoms with Crippen molar-refractivity contribution in [3.63, 3.8) is 0 Å². The van der Waals surface area contributed by atoms with Gasteiger partial charge in [-0.1, -0.05) is 18.5 Å². The van der Waals surface area contributed by atoms with E-state index in [0.29, 0.717) is 22.8 Å². The molecule has 0 saturated carbocycles. The molecular weight excluding hydrogens is 436 g/mol. The Balaban J connectivity index is 1.52. The van der Waals surface area contributed by atoms with E-state index < -0.39 is 0 Å². The van der Waals surface area contributed by atoms with Crippen LogP contribution in [0.15, 0.2) is 42.5 Å². The van der Waals surface area contributed by atoms with Crippen LogP contribution in [0.3, 0.4) is 0 Å². The van der Waals surface area contributed by atoms with Gasteiger partial charge in [-0.05, 0) is 54.7 Å². The van der Waals surface area contributed by atoms with Crippen LogP contribution in [-0.4, -0.2) is 55.1 Å². The Labute approximate surface area is 192 Å². The van der Waals surface area contributed by atoms with Crippen molar-refractivity contribution in [1.29, 1.82) is 0 Å². The number of piperazine rings is 1. The van der Waals surface area contributed by atoms with Gasteiger partial charge < -0.3 is 19.9 Å². The first kappa shape index (κ1) is 22.8. The molecule has 9 heteroatoms. The Hall–Kier alpha value is -2.84. The van der Waals surface area contributed by atoms with Crippen LogP contribution in [0.4, 0.5) is 11.4 Å². The molecule has 1 fully saturated rings. The smallest absolute Gasteiger partial charge is 0.257 e. The van der Waals surface area contributed by atoms with Gasteiger partial charge in [0.1, 0.15) is 5.75 Å². The number of hydrogen-bond donors (Lipinski definition) is 2. The highest BCUT2D eigenvalue weighted by Crippen LogP contribution is 2.25. The fourth-order valence-corrected chi connectivity index (χ4v) is 3.81. The number of amides is 2. The predicted molar refractivity (Wildman–Crippen MR) is 127 cm³/mol. The largest absolute Gasteiger partial charge is 0.495 e. The lowest BCUT2D eigenvalue weighted by Gasteiger charge is -2.36. The normalized spacial score (nSPS) is 13.5. The summed E-state index contributed by atoms with van der Waals surface area (Å²) in [6.07, 6.45) is 0.544. The minimum atomic E-state index is -0.363. The summed E-state index contributed by atoms with van der Waals surface area (Å²) >= 11 is 11.3. The van der Waals surface area contributed by atoms with Gasteiger partial charge in [0.05, 0.1) is 12.1 Å². The van der Waals surface area contributed by atoms with Crippen molar-refractivity contribution in [1.82, 2.24) is 10.2 Å². The second-order valence-electron chi connectivity index (χ2n) is 7.03. The summed E-state index contributed by atoms with van der Waals surface area (Å²) in [6, 6.07) is 12.6. The van der Waals surface area contributed by atoms with E-state index in [1.165, 1.54) is 13.2 Å². The summed E-state index contributed by atoms with van der Waals surface area (Å²) in [5, 5.41) is 6.19. The average molecular weight is 461 g/mol. The number of benzene rings is 2. The molecule has 0 spiro atoms. The minimum absolute atomic E-state index is 0.191. The number of nitrogens with zero attached hydrogens (tertiary/aromatic N) is 2. The maximum Gasteiger partial charge on any atom is 0.257 e. The maximum absolute atomic E-state index is 12.4. The number of ether oxygens (including phenoxy) is 1. The third kappa shape index (κ3) is 5.86. The highest BCUT2D eigenvalue weighted by atomic mass is 35.5. The minimum Gasteiger partial charge on any atom is -0.495 e. The van der Waals surface area contributed by atoms with Crippen molar-refractivity contribution >= 4 is 52.1 Å². The van der Waals surface area contributed by atoms with E-state index in [4.69, 9.17) is 28.6 Å². The van der Waals surface area contributed by atoms with E-state index in [0.717, 1.165) is 37.6 Å². The molecule has 2 aromatic rings. The van der Waals surface area contributed by atoms with Crippen molar-refractivity contribution in [2.45, 2.75) is 13.3 Å². The van der Waals surface area contributed by atoms with Gasteiger partial charge in [-0.25, -0.2) is 0 Å². The lowest BCUT2D eigenvalue weighted by Crippen LogP contribution is -2.48. The summed E-state index contributed by atoms with van der Waals surface area (Å²) in [4.78, 5) is 28.3. The standard InChI is InChI=1S/C22H25ClN4O3S/c1-3-20(28)27-12-10-26(11-13-27)17-7-5-16(6-8-17)24-22(31)25-21(29)15-4-9-19(30-2)18(23)14-15/h4-9,14H,3,10-13H2,1-2H3,(H2,24,25,29,31). The molecule has 1 aliphatic rings. The van der Waals surface area contributed by atoms with Crippen molar-refractivity contribution in [3.05, 3.63) is 53.1 Å². The Morgan fingerprint density at radius 1 is 1.10 bits per heavy atom. The van der Waals surface area contributed by atoms with Crippen LogP contribution in [0, 0.1) is 0 Å². The van der Waals surface area contributed by atoms with Crippen LogP contribution in [0.5, 0.6) is 5.75 Å². The Bertz CT molecular complexity index is 960. The molecule has 2 N–H and O–H groups in total. The fourth-order valence-electron chi connectivity index (χ4n) is 3.34. The monoisotopic (exact) mass is 460 g/mol. The molecule has 0 aliphatic carbocycles. The number of halogens is 1. The Morgan fingerprint density at radius 2 is 1.77 bits per heavy atom. The van der Waals surface area contributed by atoms with Crippen LogP contribution in [-0.2, 0) is 4.79 Å². The quantitative estimate of drug-likeness (QED) is 0.665. The molecular formula is C22H25ClN4O3S. The van der Waals surface area contributed by atoms with Crippen molar-refractivity contribution in [3.8, 4) is 5.75 Å². The molecule has 2 aromatic carbocycles. The van der Waals surface area contributed by atoms with E-state index in [-0.39, 0.29) is 16.9 Å². The van der Waals surface area contributed by atoms with Crippen LogP contribution in [0.2, 0.25) is 5.02 Å². The van der Waals surface area contributed by atoms with Gasteiger partial charge in [-0.3, -0.25) is 14.9 Å². The summed E-state index contributed by atoms with van der Waals surface area (Å²) < 4.78 is 5.09. The first-order valence-corrected chi connectivity index (χ1v) is 10.8. The van der Waals surface area contributed by atoms with Crippen LogP contribution in [0.1, 0.15) is 23.7 Å². The first-order chi connectivity index (χ1) is 14.9. The lowest BCUT2D eigenvalue weighted by molar-refractivity contribution is -0.131. The Morgan fingerprint density at radius 3 is 2.35 bits per heavy atom. The van der Waals surface area contributed by atoms with Gasteiger partial charge in [-0.2, -0.15) is 0 Å². The molecule has 0 atom stereocenters. The molecule has 0 aromatic heterocycles.